The minimum Gasteiger partial charge on any atom is -0.376 e. The highest BCUT2D eigenvalue weighted by Crippen LogP contribution is 2.27. The second-order valence-corrected chi connectivity index (χ2v) is 5.87. The van der Waals surface area contributed by atoms with Crippen LogP contribution < -0.4 is 10.6 Å². The number of aromatic nitrogens is 2. The molecule has 0 radical (unpaired) electrons. The van der Waals surface area contributed by atoms with Crippen LogP contribution in [0, 0.1) is 0 Å². The van der Waals surface area contributed by atoms with Crippen LogP contribution in [0.4, 0.5) is 17.5 Å². The first kappa shape index (κ1) is 15.3. The molecule has 0 aliphatic carbocycles. The van der Waals surface area contributed by atoms with E-state index in [2.05, 4.69) is 20.6 Å². The van der Waals surface area contributed by atoms with Gasteiger partial charge in [-0.25, -0.2) is 4.98 Å². The molecule has 116 valence electrons. The topological polar surface area (TPSA) is 59.1 Å². The van der Waals surface area contributed by atoms with Crippen molar-refractivity contribution in [1.29, 1.82) is 0 Å². The fourth-order valence-electron chi connectivity index (χ4n) is 2.25. The predicted molar refractivity (Wildman–Crippen MR) is 89.2 cm³/mol. The molecular weight excluding hydrogens is 323 g/mol. The Morgan fingerprint density at radius 2 is 2.18 bits per heavy atom. The van der Waals surface area contributed by atoms with Crippen molar-refractivity contribution >= 4 is 40.7 Å². The molecule has 0 amide bonds. The van der Waals surface area contributed by atoms with E-state index in [1.165, 1.54) is 0 Å². The Morgan fingerprint density at radius 1 is 1.27 bits per heavy atom. The Labute approximate surface area is 139 Å². The van der Waals surface area contributed by atoms with Crippen molar-refractivity contribution in [3.05, 3.63) is 40.5 Å². The molecule has 1 aliphatic heterocycles. The molecule has 5 nitrogen and oxygen atoms in total. The molecule has 0 bridgehead atoms. The second kappa shape index (κ2) is 7.13. The van der Waals surface area contributed by atoms with E-state index in [0.717, 1.165) is 31.8 Å². The van der Waals surface area contributed by atoms with Crippen molar-refractivity contribution in [3.63, 3.8) is 0 Å². The molecule has 3 rings (SSSR count). The van der Waals surface area contributed by atoms with Crippen LogP contribution in [-0.2, 0) is 4.74 Å². The van der Waals surface area contributed by atoms with E-state index in [1.807, 2.05) is 6.07 Å². The third kappa shape index (κ3) is 4.00. The number of benzene rings is 1. The van der Waals surface area contributed by atoms with E-state index in [0.29, 0.717) is 21.7 Å². The van der Waals surface area contributed by atoms with Gasteiger partial charge >= 0.3 is 0 Å². The normalized spacial score (nSPS) is 17.5. The summed E-state index contributed by atoms with van der Waals surface area (Å²) in [5.74, 6) is 1.20. The number of anilines is 3. The van der Waals surface area contributed by atoms with Crippen LogP contribution in [0.5, 0.6) is 0 Å². The number of hydrogen-bond acceptors (Lipinski definition) is 5. The van der Waals surface area contributed by atoms with E-state index < -0.39 is 0 Å². The third-order valence-corrected chi connectivity index (χ3v) is 3.93. The quantitative estimate of drug-likeness (QED) is 0.858. The van der Waals surface area contributed by atoms with Gasteiger partial charge in [0.15, 0.2) is 0 Å². The first-order valence-corrected chi connectivity index (χ1v) is 7.87. The van der Waals surface area contributed by atoms with Crippen molar-refractivity contribution in [3.8, 4) is 0 Å². The largest absolute Gasteiger partial charge is 0.376 e. The lowest BCUT2D eigenvalue weighted by Gasteiger charge is -2.12. The summed E-state index contributed by atoms with van der Waals surface area (Å²) in [5.41, 5.74) is 0.672. The summed E-state index contributed by atoms with van der Waals surface area (Å²) in [7, 11) is 0. The number of halogens is 2. The van der Waals surface area contributed by atoms with Crippen molar-refractivity contribution in [2.75, 3.05) is 23.8 Å². The lowest BCUT2D eigenvalue weighted by molar-refractivity contribution is 0.120. The standard InChI is InChI=1S/C15H16Cl2N4O/c16-10-3-4-12(17)13(8-10)20-15-18-6-5-14(21-15)19-9-11-2-1-7-22-11/h3-6,8,11H,1-2,7,9H2,(H2,18,19,20,21). The SMILES string of the molecule is Clc1ccc(Cl)c(Nc2nccc(NCC3CCCO3)n2)c1. The Morgan fingerprint density at radius 3 is 3.00 bits per heavy atom. The number of ether oxygens (including phenoxy) is 1. The first-order valence-electron chi connectivity index (χ1n) is 7.11. The fraction of sp³-hybridized carbons (Fsp3) is 0.333. The smallest absolute Gasteiger partial charge is 0.229 e. The van der Waals surface area contributed by atoms with Gasteiger partial charge in [0.05, 0.1) is 16.8 Å². The third-order valence-electron chi connectivity index (χ3n) is 3.37. The molecule has 22 heavy (non-hydrogen) atoms. The molecule has 7 heteroatoms. The molecule has 1 unspecified atom stereocenters. The summed E-state index contributed by atoms with van der Waals surface area (Å²) in [4.78, 5) is 8.60. The van der Waals surface area contributed by atoms with Crippen LogP contribution in [0.25, 0.3) is 0 Å². The van der Waals surface area contributed by atoms with E-state index in [1.54, 1.807) is 24.4 Å². The summed E-state index contributed by atoms with van der Waals surface area (Å²) in [6, 6.07) is 7.01. The molecule has 2 N–H and O–H groups in total. The molecule has 1 aromatic heterocycles. The van der Waals surface area contributed by atoms with Gasteiger partial charge in [-0.1, -0.05) is 23.2 Å². The predicted octanol–water partition coefficient (Wildman–Crippen LogP) is 4.12. The van der Waals surface area contributed by atoms with Gasteiger partial charge in [0.2, 0.25) is 5.95 Å². The maximum atomic E-state index is 6.12. The highest BCUT2D eigenvalue weighted by molar-refractivity contribution is 6.35. The first-order chi connectivity index (χ1) is 10.7. The highest BCUT2D eigenvalue weighted by Gasteiger charge is 2.15. The Hall–Kier alpha value is -1.56. The number of nitrogens with one attached hydrogen (secondary N) is 2. The van der Waals surface area contributed by atoms with Crippen LogP contribution in [0.15, 0.2) is 30.5 Å². The van der Waals surface area contributed by atoms with E-state index in [9.17, 15) is 0 Å². The maximum Gasteiger partial charge on any atom is 0.229 e. The molecule has 1 aliphatic rings. The second-order valence-electron chi connectivity index (χ2n) is 5.03. The molecule has 1 fully saturated rings. The lowest BCUT2D eigenvalue weighted by Crippen LogP contribution is -2.19. The number of hydrogen-bond donors (Lipinski definition) is 2. The monoisotopic (exact) mass is 338 g/mol. The highest BCUT2D eigenvalue weighted by atomic mass is 35.5. The van der Waals surface area contributed by atoms with Crippen molar-refractivity contribution in [1.82, 2.24) is 9.97 Å². The summed E-state index contributed by atoms with van der Waals surface area (Å²) < 4.78 is 5.58. The summed E-state index contributed by atoms with van der Waals surface area (Å²) in [6.07, 6.45) is 4.15. The number of rotatable bonds is 5. The van der Waals surface area contributed by atoms with Gasteiger partial charge in [0, 0.05) is 24.4 Å². The molecule has 2 aromatic rings. The average Bonchev–Trinajstić information content (AvgIpc) is 3.03. The van der Waals surface area contributed by atoms with E-state index >= 15 is 0 Å². The van der Waals surface area contributed by atoms with Gasteiger partial charge in [-0.05, 0) is 37.1 Å². The zero-order valence-electron chi connectivity index (χ0n) is 11.9. The van der Waals surface area contributed by atoms with E-state index in [4.69, 9.17) is 27.9 Å². The van der Waals surface area contributed by atoms with Crippen LogP contribution in [0.1, 0.15) is 12.8 Å². The Kier molecular flexibility index (Phi) is 4.97. The maximum absolute atomic E-state index is 6.12. The molecule has 1 atom stereocenters. The average molecular weight is 339 g/mol. The van der Waals surface area contributed by atoms with Gasteiger partial charge in [-0.15, -0.1) is 0 Å². The number of nitrogens with zero attached hydrogens (tertiary/aromatic N) is 2. The van der Waals surface area contributed by atoms with Crippen LogP contribution in [0.3, 0.4) is 0 Å². The summed E-state index contributed by atoms with van der Waals surface area (Å²) in [5, 5.41) is 7.49. The zero-order chi connectivity index (χ0) is 15.4. The zero-order valence-corrected chi connectivity index (χ0v) is 13.4. The molecule has 2 heterocycles. The van der Waals surface area contributed by atoms with Crippen LogP contribution in [0.2, 0.25) is 10.0 Å². The molecule has 0 spiro atoms. The molecule has 1 aromatic carbocycles. The van der Waals surface area contributed by atoms with Crippen LogP contribution in [-0.4, -0.2) is 29.2 Å². The minimum absolute atomic E-state index is 0.258. The lowest BCUT2D eigenvalue weighted by atomic mass is 10.2. The molecular formula is C15H16Cl2N4O. The molecule has 1 saturated heterocycles. The Balaban J connectivity index is 1.66. The van der Waals surface area contributed by atoms with Crippen molar-refractivity contribution in [2.45, 2.75) is 18.9 Å². The van der Waals surface area contributed by atoms with E-state index in [-0.39, 0.29) is 6.10 Å². The van der Waals surface area contributed by atoms with Gasteiger partial charge in [-0.2, -0.15) is 4.98 Å². The fourth-order valence-corrected chi connectivity index (χ4v) is 2.59. The van der Waals surface area contributed by atoms with Crippen molar-refractivity contribution < 1.29 is 4.74 Å². The van der Waals surface area contributed by atoms with Gasteiger partial charge in [0.25, 0.3) is 0 Å². The summed E-state index contributed by atoms with van der Waals surface area (Å²) in [6.45, 7) is 1.59. The molecule has 0 saturated carbocycles. The Bertz CT molecular complexity index is 647. The van der Waals surface area contributed by atoms with Crippen LogP contribution >= 0.6 is 23.2 Å². The summed E-state index contributed by atoms with van der Waals surface area (Å²) >= 11 is 12.1. The van der Waals surface area contributed by atoms with Gasteiger partial charge in [-0.3, -0.25) is 0 Å². The van der Waals surface area contributed by atoms with Gasteiger partial charge < -0.3 is 15.4 Å². The minimum atomic E-state index is 0.258. The van der Waals surface area contributed by atoms with Gasteiger partial charge in [0.1, 0.15) is 5.82 Å². The van der Waals surface area contributed by atoms with Crippen molar-refractivity contribution in [2.24, 2.45) is 0 Å².